The topological polar surface area (TPSA) is 73.1 Å². The third-order valence-corrected chi connectivity index (χ3v) is 6.16. The van der Waals surface area contributed by atoms with Crippen LogP contribution in [0, 0.1) is 12.8 Å². The molecule has 3 aliphatic rings. The number of aromatic nitrogens is 1. The second-order valence-electron chi connectivity index (χ2n) is 8.30. The largest absolute Gasteiger partial charge is 0.360 e. The summed E-state index contributed by atoms with van der Waals surface area (Å²) >= 11 is 0. The number of piperazine rings is 1. The predicted octanol–water partition coefficient (Wildman–Crippen LogP) is 1.56. The first kappa shape index (κ1) is 19.2. The minimum Gasteiger partial charge on any atom is -0.360 e. The zero-order chi connectivity index (χ0) is 19.5. The lowest BCUT2D eigenvalue weighted by Crippen LogP contribution is -2.54. The van der Waals surface area contributed by atoms with Crippen LogP contribution in [0.3, 0.4) is 0 Å². The third kappa shape index (κ3) is 4.32. The number of carbonyl (C=O) groups excluding carboxylic acids is 2. The number of carbonyl (C=O) groups is 2. The van der Waals surface area contributed by atoms with Gasteiger partial charge in [-0.2, -0.15) is 0 Å². The van der Waals surface area contributed by atoms with Crippen molar-refractivity contribution in [1.29, 1.82) is 0 Å². The van der Waals surface area contributed by atoms with Gasteiger partial charge in [0.15, 0.2) is 5.76 Å². The van der Waals surface area contributed by atoms with Gasteiger partial charge in [0.2, 0.25) is 5.91 Å². The van der Waals surface area contributed by atoms with Crippen LogP contribution in [0.5, 0.6) is 0 Å². The van der Waals surface area contributed by atoms with E-state index in [2.05, 4.69) is 10.1 Å². The number of piperidine rings is 1. The first-order chi connectivity index (χ1) is 13.6. The molecular weight excluding hydrogens is 358 g/mol. The van der Waals surface area contributed by atoms with Crippen LogP contribution in [-0.4, -0.2) is 89.1 Å². The molecule has 0 saturated carbocycles. The number of rotatable bonds is 3. The molecule has 28 heavy (non-hydrogen) atoms. The molecule has 3 saturated heterocycles. The molecule has 0 N–H and O–H groups in total. The van der Waals surface area contributed by atoms with E-state index in [4.69, 9.17) is 4.52 Å². The van der Waals surface area contributed by atoms with Gasteiger partial charge in [0, 0.05) is 58.4 Å². The zero-order valence-corrected chi connectivity index (χ0v) is 16.8. The SMILES string of the molecule is Cc1cc(CN2CCN(C(=O)[C@H]3CCCN(C(=O)N4CCCC4)C3)CC2)on1. The molecular formula is C20H31N5O3. The molecule has 3 amide bonds. The van der Waals surface area contributed by atoms with Crippen molar-refractivity contribution in [3.63, 3.8) is 0 Å². The molecule has 0 radical (unpaired) electrons. The summed E-state index contributed by atoms with van der Waals surface area (Å²) in [5, 5.41) is 3.93. The van der Waals surface area contributed by atoms with Crippen molar-refractivity contribution in [2.45, 2.75) is 39.2 Å². The van der Waals surface area contributed by atoms with E-state index in [1.54, 1.807) is 0 Å². The molecule has 1 atom stereocenters. The normalized spacial score (nSPS) is 24.0. The molecule has 1 aromatic rings. The minimum atomic E-state index is -0.0521. The highest BCUT2D eigenvalue weighted by atomic mass is 16.5. The van der Waals surface area contributed by atoms with Gasteiger partial charge in [0.25, 0.3) is 0 Å². The zero-order valence-electron chi connectivity index (χ0n) is 16.8. The molecule has 0 spiro atoms. The molecule has 8 heteroatoms. The Balaban J connectivity index is 1.26. The van der Waals surface area contributed by atoms with Gasteiger partial charge in [-0.3, -0.25) is 9.69 Å². The van der Waals surface area contributed by atoms with Crippen LogP contribution in [0.25, 0.3) is 0 Å². The van der Waals surface area contributed by atoms with E-state index in [1.807, 2.05) is 27.7 Å². The first-order valence-corrected chi connectivity index (χ1v) is 10.6. The summed E-state index contributed by atoms with van der Waals surface area (Å²) in [6.07, 6.45) is 4.00. The van der Waals surface area contributed by atoms with Crippen LogP contribution in [0.15, 0.2) is 10.6 Å². The average molecular weight is 390 g/mol. The smallest absolute Gasteiger partial charge is 0.320 e. The van der Waals surface area contributed by atoms with Crippen LogP contribution in [0.4, 0.5) is 4.79 Å². The van der Waals surface area contributed by atoms with Crippen molar-refractivity contribution in [1.82, 2.24) is 24.8 Å². The molecule has 0 aromatic carbocycles. The van der Waals surface area contributed by atoms with Crippen molar-refractivity contribution in [3.05, 3.63) is 17.5 Å². The molecule has 0 bridgehead atoms. The van der Waals surface area contributed by atoms with E-state index in [9.17, 15) is 9.59 Å². The van der Waals surface area contributed by atoms with E-state index in [0.29, 0.717) is 6.54 Å². The summed E-state index contributed by atoms with van der Waals surface area (Å²) < 4.78 is 5.30. The number of nitrogens with zero attached hydrogens (tertiary/aromatic N) is 5. The molecule has 1 aromatic heterocycles. The highest BCUT2D eigenvalue weighted by Crippen LogP contribution is 2.22. The van der Waals surface area contributed by atoms with Gasteiger partial charge in [-0.1, -0.05) is 5.16 Å². The average Bonchev–Trinajstić information content (AvgIpc) is 3.40. The van der Waals surface area contributed by atoms with Crippen LogP contribution >= 0.6 is 0 Å². The first-order valence-electron chi connectivity index (χ1n) is 10.6. The summed E-state index contributed by atoms with van der Waals surface area (Å²) in [6, 6.07) is 2.09. The summed E-state index contributed by atoms with van der Waals surface area (Å²) in [5.41, 5.74) is 0.897. The molecule has 4 heterocycles. The van der Waals surface area contributed by atoms with Crippen molar-refractivity contribution in [3.8, 4) is 0 Å². The van der Waals surface area contributed by atoms with E-state index in [0.717, 1.165) is 89.5 Å². The Bertz CT molecular complexity index is 692. The van der Waals surface area contributed by atoms with Gasteiger partial charge in [-0.05, 0) is 32.6 Å². The van der Waals surface area contributed by atoms with E-state index >= 15 is 0 Å². The maximum atomic E-state index is 13.0. The van der Waals surface area contributed by atoms with Crippen molar-refractivity contribution in [2.24, 2.45) is 5.92 Å². The number of amides is 3. The van der Waals surface area contributed by atoms with E-state index < -0.39 is 0 Å². The van der Waals surface area contributed by atoms with Gasteiger partial charge in [-0.25, -0.2) is 4.79 Å². The lowest BCUT2D eigenvalue weighted by Gasteiger charge is -2.39. The lowest BCUT2D eigenvalue weighted by molar-refractivity contribution is -0.138. The van der Waals surface area contributed by atoms with Crippen LogP contribution in [0.1, 0.15) is 37.1 Å². The van der Waals surface area contributed by atoms with Gasteiger partial charge in [0.1, 0.15) is 0 Å². The fraction of sp³-hybridized carbons (Fsp3) is 0.750. The van der Waals surface area contributed by atoms with Gasteiger partial charge in [-0.15, -0.1) is 0 Å². The maximum absolute atomic E-state index is 13.0. The third-order valence-electron chi connectivity index (χ3n) is 6.16. The number of hydrogen-bond donors (Lipinski definition) is 0. The van der Waals surface area contributed by atoms with E-state index in [1.165, 1.54) is 0 Å². The van der Waals surface area contributed by atoms with Crippen molar-refractivity contribution >= 4 is 11.9 Å². The second kappa shape index (κ2) is 8.51. The molecule has 4 rings (SSSR count). The molecule has 8 nitrogen and oxygen atoms in total. The summed E-state index contributed by atoms with van der Waals surface area (Å²) in [5.74, 6) is 1.04. The fourth-order valence-electron chi connectivity index (χ4n) is 4.56. The quantitative estimate of drug-likeness (QED) is 0.784. The monoisotopic (exact) mass is 389 g/mol. The lowest BCUT2D eigenvalue weighted by atomic mass is 9.96. The van der Waals surface area contributed by atoms with Gasteiger partial charge >= 0.3 is 6.03 Å². The Morgan fingerprint density at radius 3 is 2.39 bits per heavy atom. The van der Waals surface area contributed by atoms with Crippen LogP contribution in [0.2, 0.25) is 0 Å². The summed E-state index contributed by atoms with van der Waals surface area (Å²) in [4.78, 5) is 33.8. The number of aryl methyl sites for hydroxylation is 1. The highest BCUT2D eigenvalue weighted by molar-refractivity contribution is 5.81. The summed E-state index contributed by atoms with van der Waals surface area (Å²) in [6.45, 7) is 8.90. The molecule has 3 aliphatic heterocycles. The van der Waals surface area contributed by atoms with Crippen LogP contribution in [-0.2, 0) is 11.3 Å². The summed E-state index contributed by atoms with van der Waals surface area (Å²) in [7, 11) is 0. The Morgan fingerprint density at radius 1 is 1.00 bits per heavy atom. The molecule has 0 unspecified atom stereocenters. The predicted molar refractivity (Wildman–Crippen MR) is 104 cm³/mol. The number of likely N-dealkylation sites (tertiary alicyclic amines) is 2. The Hall–Kier alpha value is -2.09. The number of urea groups is 1. The fourth-order valence-corrected chi connectivity index (χ4v) is 4.56. The molecule has 154 valence electrons. The number of hydrogen-bond acceptors (Lipinski definition) is 5. The van der Waals surface area contributed by atoms with Crippen molar-refractivity contribution < 1.29 is 14.1 Å². The second-order valence-corrected chi connectivity index (χ2v) is 8.30. The maximum Gasteiger partial charge on any atom is 0.320 e. The van der Waals surface area contributed by atoms with Crippen molar-refractivity contribution in [2.75, 3.05) is 52.4 Å². The Morgan fingerprint density at radius 2 is 1.71 bits per heavy atom. The highest BCUT2D eigenvalue weighted by Gasteiger charge is 2.34. The minimum absolute atomic E-state index is 0.0521. The van der Waals surface area contributed by atoms with Crippen LogP contribution < -0.4 is 0 Å². The molecule has 3 fully saturated rings. The Kier molecular flexibility index (Phi) is 5.85. The molecule has 0 aliphatic carbocycles. The van der Waals surface area contributed by atoms with E-state index in [-0.39, 0.29) is 17.9 Å². The standard InChI is InChI=1S/C20H31N5O3/c1-16-13-18(28-21-16)15-22-9-11-23(12-10-22)19(26)17-5-4-8-25(14-17)20(27)24-6-2-3-7-24/h13,17H,2-12,14-15H2,1H3/t17-/m0/s1. The Labute approximate surface area is 166 Å². The van der Waals surface area contributed by atoms with Gasteiger partial charge < -0.3 is 19.2 Å². The van der Waals surface area contributed by atoms with Gasteiger partial charge in [0.05, 0.1) is 18.2 Å².